The average Bonchev–Trinajstić information content (AvgIpc) is 2.57. The monoisotopic (exact) mass is 275 g/mol. The van der Waals surface area contributed by atoms with Gasteiger partial charge in [-0.2, -0.15) is 0 Å². The number of hydrogen-bond acceptors (Lipinski definition) is 2. The number of rotatable bonds is 4. The predicted molar refractivity (Wildman–Crippen MR) is 80.3 cm³/mol. The molecule has 110 valence electrons. The minimum absolute atomic E-state index is 0.0743. The van der Waals surface area contributed by atoms with Crippen molar-refractivity contribution in [1.29, 1.82) is 0 Å². The molecule has 1 heterocycles. The van der Waals surface area contributed by atoms with E-state index in [1.807, 2.05) is 18.2 Å². The van der Waals surface area contributed by atoms with Crippen molar-refractivity contribution in [2.75, 3.05) is 0 Å². The molecule has 1 saturated heterocycles. The number of amides is 1. The van der Waals surface area contributed by atoms with Gasteiger partial charge in [0.25, 0.3) is 0 Å². The Bertz CT molecular complexity index is 430. The molecule has 3 heteroatoms. The molecule has 1 amide bonds. The summed E-state index contributed by atoms with van der Waals surface area (Å²) in [5.74, 6) is 0.678. The quantitative estimate of drug-likeness (QED) is 0.887. The zero-order valence-electron chi connectivity index (χ0n) is 12.4. The molecule has 1 fully saturated rings. The van der Waals surface area contributed by atoms with Crippen molar-refractivity contribution in [1.82, 2.24) is 5.32 Å². The molecule has 3 atom stereocenters. The summed E-state index contributed by atoms with van der Waals surface area (Å²) in [6.45, 7) is 4.25. The lowest BCUT2D eigenvalue weighted by molar-refractivity contribution is -0.121. The summed E-state index contributed by atoms with van der Waals surface area (Å²) in [6, 6.07) is 10.1. The third kappa shape index (κ3) is 3.83. The van der Waals surface area contributed by atoms with Gasteiger partial charge in [0.2, 0.25) is 5.91 Å². The first-order valence-corrected chi connectivity index (χ1v) is 7.59. The zero-order valence-corrected chi connectivity index (χ0v) is 12.4. The van der Waals surface area contributed by atoms with Gasteiger partial charge < -0.3 is 10.4 Å². The van der Waals surface area contributed by atoms with Crippen LogP contribution in [0.5, 0.6) is 0 Å². The first-order chi connectivity index (χ1) is 9.58. The van der Waals surface area contributed by atoms with Gasteiger partial charge in [-0.15, -0.1) is 0 Å². The molecule has 1 aromatic rings. The first kappa shape index (κ1) is 15.0. The summed E-state index contributed by atoms with van der Waals surface area (Å²) in [5.41, 5.74) is 1.25. The summed E-state index contributed by atoms with van der Waals surface area (Å²) in [6.07, 6.45) is 2.55. The van der Waals surface area contributed by atoms with E-state index in [2.05, 4.69) is 31.3 Å². The molecule has 0 radical (unpaired) electrons. The normalized spacial score (nSPS) is 27.2. The molecule has 0 bridgehead atoms. The van der Waals surface area contributed by atoms with Crippen molar-refractivity contribution in [3.05, 3.63) is 35.9 Å². The van der Waals surface area contributed by atoms with Crippen LogP contribution < -0.4 is 5.32 Å². The van der Waals surface area contributed by atoms with Gasteiger partial charge in [0, 0.05) is 6.42 Å². The molecule has 2 N–H and O–H groups in total. The summed E-state index contributed by atoms with van der Waals surface area (Å²) >= 11 is 0. The van der Waals surface area contributed by atoms with E-state index in [0.29, 0.717) is 12.3 Å². The van der Waals surface area contributed by atoms with Crippen LogP contribution in [0.1, 0.15) is 38.7 Å². The number of aliphatic hydroxyl groups is 1. The third-order valence-electron chi connectivity index (χ3n) is 4.35. The fraction of sp³-hybridized carbons (Fsp3) is 0.588. The molecule has 1 aliphatic rings. The second kappa shape index (κ2) is 6.89. The highest BCUT2D eigenvalue weighted by Gasteiger charge is 2.33. The lowest BCUT2D eigenvalue weighted by atomic mass is 9.83. The smallest absolute Gasteiger partial charge is 0.220 e. The number of carbonyl (C=O) groups is 1. The van der Waals surface area contributed by atoms with E-state index >= 15 is 0 Å². The maximum Gasteiger partial charge on any atom is 0.220 e. The Morgan fingerprint density at radius 1 is 1.30 bits per heavy atom. The number of carbonyl (C=O) groups excluding carboxylic acids is 1. The van der Waals surface area contributed by atoms with Crippen LogP contribution in [0.15, 0.2) is 30.3 Å². The average molecular weight is 275 g/mol. The Balaban J connectivity index is 2.01. The molecule has 3 nitrogen and oxygen atoms in total. The molecule has 0 unspecified atom stereocenters. The third-order valence-corrected chi connectivity index (χ3v) is 4.35. The van der Waals surface area contributed by atoms with Gasteiger partial charge in [0.05, 0.1) is 12.1 Å². The van der Waals surface area contributed by atoms with Crippen molar-refractivity contribution in [2.24, 2.45) is 11.8 Å². The summed E-state index contributed by atoms with van der Waals surface area (Å²) in [7, 11) is 0. The Morgan fingerprint density at radius 2 is 2.00 bits per heavy atom. The number of aryl methyl sites for hydroxylation is 1. The van der Waals surface area contributed by atoms with Gasteiger partial charge >= 0.3 is 0 Å². The summed E-state index contributed by atoms with van der Waals surface area (Å²) < 4.78 is 0. The van der Waals surface area contributed by atoms with Gasteiger partial charge in [-0.1, -0.05) is 44.2 Å². The predicted octanol–water partition coefficient (Wildman–Crippen LogP) is 2.53. The van der Waals surface area contributed by atoms with E-state index in [9.17, 15) is 9.90 Å². The fourth-order valence-electron chi connectivity index (χ4n) is 3.07. The largest absolute Gasteiger partial charge is 0.391 e. The topological polar surface area (TPSA) is 49.3 Å². The second-order valence-electron chi connectivity index (χ2n) is 6.14. The van der Waals surface area contributed by atoms with Gasteiger partial charge in [0.1, 0.15) is 0 Å². The molecule has 0 spiro atoms. The van der Waals surface area contributed by atoms with Crippen LogP contribution in [-0.4, -0.2) is 23.2 Å². The van der Waals surface area contributed by atoms with Crippen LogP contribution in [0.25, 0.3) is 0 Å². The van der Waals surface area contributed by atoms with E-state index in [0.717, 1.165) is 19.3 Å². The fourth-order valence-corrected chi connectivity index (χ4v) is 3.07. The highest BCUT2D eigenvalue weighted by atomic mass is 16.3. The Morgan fingerprint density at radius 3 is 2.65 bits per heavy atom. The number of benzene rings is 1. The van der Waals surface area contributed by atoms with Crippen LogP contribution in [0, 0.1) is 11.8 Å². The van der Waals surface area contributed by atoms with Crippen molar-refractivity contribution < 1.29 is 9.90 Å². The minimum Gasteiger partial charge on any atom is -0.391 e. The molecule has 20 heavy (non-hydrogen) atoms. The van der Waals surface area contributed by atoms with Gasteiger partial charge in [-0.3, -0.25) is 4.79 Å². The van der Waals surface area contributed by atoms with E-state index in [1.165, 1.54) is 5.56 Å². The summed E-state index contributed by atoms with van der Waals surface area (Å²) in [4.78, 5) is 11.8. The van der Waals surface area contributed by atoms with Crippen molar-refractivity contribution in [3.8, 4) is 0 Å². The Labute approximate surface area is 121 Å². The lowest BCUT2D eigenvalue weighted by Gasteiger charge is -2.29. The van der Waals surface area contributed by atoms with E-state index in [-0.39, 0.29) is 17.9 Å². The number of nitrogens with one attached hydrogen (secondary N) is 1. The van der Waals surface area contributed by atoms with Gasteiger partial charge in [-0.05, 0) is 36.7 Å². The molecular weight excluding hydrogens is 250 g/mol. The SMILES string of the molecule is CC(C)[C@@H]1CCC(=O)N[C@H](CCc2ccccc2)[C@@H]1O. The van der Waals surface area contributed by atoms with E-state index in [4.69, 9.17) is 0 Å². The Hall–Kier alpha value is -1.35. The number of hydrogen-bond donors (Lipinski definition) is 2. The first-order valence-electron chi connectivity index (χ1n) is 7.59. The molecular formula is C17H25NO2. The van der Waals surface area contributed by atoms with Crippen LogP contribution in [0.3, 0.4) is 0 Å². The van der Waals surface area contributed by atoms with E-state index < -0.39 is 6.10 Å². The van der Waals surface area contributed by atoms with E-state index in [1.54, 1.807) is 0 Å². The minimum atomic E-state index is -0.440. The maximum atomic E-state index is 11.8. The van der Waals surface area contributed by atoms with Crippen LogP contribution in [-0.2, 0) is 11.2 Å². The van der Waals surface area contributed by atoms with Gasteiger partial charge in [0.15, 0.2) is 0 Å². The number of aliphatic hydroxyl groups excluding tert-OH is 1. The molecule has 0 aromatic heterocycles. The maximum absolute atomic E-state index is 11.8. The van der Waals surface area contributed by atoms with Crippen LogP contribution in [0.2, 0.25) is 0 Å². The second-order valence-corrected chi connectivity index (χ2v) is 6.14. The molecule has 0 saturated carbocycles. The molecule has 2 rings (SSSR count). The summed E-state index contributed by atoms with van der Waals surface area (Å²) in [5, 5.41) is 13.6. The highest BCUT2D eigenvalue weighted by molar-refractivity contribution is 5.76. The van der Waals surface area contributed by atoms with Crippen molar-refractivity contribution in [3.63, 3.8) is 0 Å². The van der Waals surface area contributed by atoms with Gasteiger partial charge in [-0.25, -0.2) is 0 Å². The van der Waals surface area contributed by atoms with Crippen LogP contribution >= 0.6 is 0 Å². The van der Waals surface area contributed by atoms with Crippen LogP contribution in [0.4, 0.5) is 0 Å². The van der Waals surface area contributed by atoms with Crippen molar-refractivity contribution in [2.45, 2.75) is 51.7 Å². The molecule has 1 aromatic carbocycles. The molecule has 1 aliphatic heterocycles. The standard InChI is InChI=1S/C17H25NO2/c1-12(2)14-9-11-16(19)18-15(17(14)20)10-8-13-6-4-3-5-7-13/h3-7,12,14-15,17,20H,8-11H2,1-2H3,(H,18,19)/t14-,15+,17+/m0/s1. The Kier molecular flexibility index (Phi) is 5.18. The lowest BCUT2D eigenvalue weighted by Crippen LogP contribution is -2.44. The molecule has 0 aliphatic carbocycles. The zero-order chi connectivity index (χ0) is 14.5. The highest BCUT2D eigenvalue weighted by Crippen LogP contribution is 2.27. The van der Waals surface area contributed by atoms with Crippen molar-refractivity contribution >= 4 is 5.91 Å².